The van der Waals surface area contributed by atoms with Crippen molar-refractivity contribution < 1.29 is 27.7 Å². The van der Waals surface area contributed by atoms with E-state index in [0.29, 0.717) is 11.8 Å². The Labute approximate surface area is 184 Å². The summed E-state index contributed by atoms with van der Waals surface area (Å²) in [6, 6.07) is 0. The van der Waals surface area contributed by atoms with Gasteiger partial charge in [0.2, 0.25) is 11.6 Å². The molecule has 3 rings (SSSR count). The Morgan fingerprint density at radius 3 is 2.55 bits per heavy atom. The van der Waals surface area contributed by atoms with Crippen molar-refractivity contribution in [2.45, 2.75) is 59.8 Å². The first-order valence-electron chi connectivity index (χ1n) is 10.9. The molecule has 0 aromatic heterocycles. The molecular formula is C23H33NO6S. The van der Waals surface area contributed by atoms with Crippen molar-refractivity contribution in [3.63, 3.8) is 0 Å². The van der Waals surface area contributed by atoms with Crippen LogP contribution in [0.4, 0.5) is 0 Å². The van der Waals surface area contributed by atoms with Crippen LogP contribution < -0.4 is 5.32 Å². The van der Waals surface area contributed by atoms with Crippen molar-refractivity contribution in [2.24, 2.45) is 22.7 Å². The van der Waals surface area contributed by atoms with Gasteiger partial charge in [-0.05, 0) is 61.7 Å². The zero-order valence-electron chi connectivity index (χ0n) is 18.7. The molecule has 0 spiro atoms. The van der Waals surface area contributed by atoms with Crippen LogP contribution in [0.2, 0.25) is 0 Å². The second-order valence-electron chi connectivity index (χ2n) is 9.85. The number of aliphatic hydroxyl groups is 1. The molecule has 0 saturated heterocycles. The molecule has 0 unspecified atom stereocenters. The minimum Gasteiger partial charge on any atom is -0.504 e. The summed E-state index contributed by atoms with van der Waals surface area (Å²) >= 11 is 0. The lowest BCUT2D eigenvalue weighted by Gasteiger charge is -2.58. The highest BCUT2D eigenvalue weighted by atomic mass is 32.2. The number of carbonyl (C=O) groups excluding carboxylic acids is 2. The van der Waals surface area contributed by atoms with Crippen LogP contribution in [0.25, 0.3) is 0 Å². The van der Waals surface area contributed by atoms with Crippen LogP contribution in [0.1, 0.15) is 59.8 Å². The van der Waals surface area contributed by atoms with Gasteiger partial charge < -0.3 is 10.4 Å². The third-order valence-corrected chi connectivity index (χ3v) is 8.86. The van der Waals surface area contributed by atoms with Crippen LogP contribution in [0.5, 0.6) is 0 Å². The summed E-state index contributed by atoms with van der Waals surface area (Å²) in [6.07, 6.45) is 7.65. The number of hydrogen-bond donors (Lipinski definition) is 3. The molecule has 31 heavy (non-hydrogen) atoms. The fourth-order valence-electron chi connectivity index (χ4n) is 5.88. The van der Waals surface area contributed by atoms with Crippen LogP contribution >= 0.6 is 0 Å². The molecule has 4 atom stereocenters. The van der Waals surface area contributed by atoms with E-state index in [1.165, 1.54) is 5.57 Å². The Balaban J connectivity index is 1.89. The topological polar surface area (TPSA) is 121 Å². The average molecular weight is 452 g/mol. The molecular weight excluding hydrogens is 418 g/mol. The highest BCUT2D eigenvalue weighted by molar-refractivity contribution is 7.85. The van der Waals surface area contributed by atoms with E-state index in [-0.39, 0.29) is 35.1 Å². The number of nitrogens with one attached hydrogen (secondary N) is 1. The monoisotopic (exact) mass is 451 g/mol. The number of hydrogen-bond acceptors (Lipinski definition) is 6. The lowest BCUT2D eigenvalue weighted by Crippen LogP contribution is -2.50. The molecule has 1 fully saturated rings. The number of rotatable bonds is 6. The molecule has 3 aliphatic rings. The fraction of sp³-hybridized carbons (Fsp3) is 0.652. The number of fused-ring (bicyclic) bond motifs is 1. The van der Waals surface area contributed by atoms with Crippen LogP contribution in [0, 0.1) is 22.7 Å². The van der Waals surface area contributed by atoms with E-state index in [2.05, 4.69) is 39.1 Å². The summed E-state index contributed by atoms with van der Waals surface area (Å²) < 4.78 is 30.8. The molecule has 3 aliphatic carbocycles. The Morgan fingerprint density at radius 2 is 1.90 bits per heavy atom. The van der Waals surface area contributed by atoms with Gasteiger partial charge in [0.25, 0.3) is 10.1 Å². The van der Waals surface area contributed by atoms with Crippen molar-refractivity contribution in [3.8, 4) is 0 Å². The molecule has 0 bridgehead atoms. The second-order valence-corrected chi connectivity index (χ2v) is 11.4. The van der Waals surface area contributed by atoms with E-state index in [1.54, 1.807) is 0 Å². The van der Waals surface area contributed by atoms with Crippen molar-refractivity contribution >= 4 is 21.7 Å². The highest BCUT2D eigenvalue weighted by Gasteiger charge is 2.54. The number of carbonyl (C=O) groups is 2. The molecule has 0 aliphatic heterocycles. The SMILES string of the molecule is CC1=CCC[C@H]2[C@](C)(CC3=C(O)C(=O)C=C(NCCS(=O)(=O)O)C3=O)[C@@H](C)CC[C@]12C. The number of ketones is 2. The lowest BCUT2D eigenvalue weighted by molar-refractivity contribution is -0.118. The molecule has 0 radical (unpaired) electrons. The Kier molecular flexibility index (Phi) is 6.28. The van der Waals surface area contributed by atoms with Crippen molar-refractivity contribution in [2.75, 3.05) is 12.3 Å². The molecule has 7 nitrogen and oxygen atoms in total. The maximum atomic E-state index is 13.1. The molecule has 1 saturated carbocycles. The minimum absolute atomic E-state index is 0.0316. The number of allylic oxidation sites excluding steroid dienone is 4. The van der Waals surface area contributed by atoms with Crippen LogP contribution in [-0.4, -0.2) is 41.9 Å². The van der Waals surface area contributed by atoms with Gasteiger partial charge >= 0.3 is 0 Å². The quantitative estimate of drug-likeness (QED) is 0.321. The normalized spacial score (nSPS) is 34.2. The van der Waals surface area contributed by atoms with Gasteiger partial charge in [0.15, 0.2) is 5.76 Å². The van der Waals surface area contributed by atoms with E-state index in [0.717, 1.165) is 31.8 Å². The Bertz CT molecular complexity index is 992. The highest BCUT2D eigenvalue weighted by Crippen LogP contribution is 2.62. The zero-order valence-corrected chi connectivity index (χ0v) is 19.5. The number of aliphatic hydroxyl groups excluding tert-OH is 1. The molecule has 3 N–H and O–H groups in total. The van der Waals surface area contributed by atoms with Gasteiger partial charge in [-0.1, -0.05) is 32.4 Å². The van der Waals surface area contributed by atoms with E-state index in [1.807, 2.05) is 0 Å². The van der Waals surface area contributed by atoms with Crippen molar-refractivity contribution in [3.05, 3.63) is 34.8 Å². The molecule has 0 aromatic carbocycles. The molecule has 0 amide bonds. The smallest absolute Gasteiger partial charge is 0.266 e. The van der Waals surface area contributed by atoms with Crippen LogP contribution in [0.3, 0.4) is 0 Å². The van der Waals surface area contributed by atoms with Gasteiger partial charge in [0.1, 0.15) is 0 Å². The molecule has 172 valence electrons. The zero-order chi connectivity index (χ0) is 23.2. The summed E-state index contributed by atoms with van der Waals surface area (Å²) in [6.45, 7) is 8.60. The summed E-state index contributed by atoms with van der Waals surface area (Å²) in [5, 5.41) is 13.2. The summed E-state index contributed by atoms with van der Waals surface area (Å²) in [7, 11) is -4.20. The predicted octanol–water partition coefficient (Wildman–Crippen LogP) is 3.50. The van der Waals surface area contributed by atoms with E-state index >= 15 is 0 Å². The Hall–Kier alpha value is -1.93. The van der Waals surface area contributed by atoms with Crippen molar-refractivity contribution in [1.82, 2.24) is 5.32 Å². The largest absolute Gasteiger partial charge is 0.504 e. The van der Waals surface area contributed by atoms with Gasteiger partial charge in [-0.2, -0.15) is 8.42 Å². The first-order valence-corrected chi connectivity index (χ1v) is 12.5. The Morgan fingerprint density at radius 1 is 1.23 bits per heavy atom. The van der Waals surface area contributed by atoms with Gasteiger partial charge in [-0.3, -0.25) is 14.1 Å². The standard InChI is InChI=1S/C23H33NO6S/c1-14-6-5-7-19-22(14,3)9-8-15(2)23(19,4)13-16-20(26)17(12-18(25)21(16)27)24-10-11-31(28,29)30/h6,12,15,19,24,27H,5,7-11,13H2,1-4H3,(H,28,29,30)/t15-,19+,22+,23+/m0/s1. The summed E-state index contributed by atoms with van der Waals surface area (Å²) in [5.74, 6) is -1.64. The first-order chi connectivity index (χ1) is 14.3. The predicted molar refractivity (Wildman–Crippen MR) is 118 cm³/mol. The van der Waals surface area contributed by atoms with E-state index < -0.39 is 33.2 Å². The minimum atomic E-state index is -4.20. The van der Waals surface area contributed by atoms with Gasteiger partial charge in [-0.25, -0.2) is 0 Å². The molecule has 0 heterocycles. The van der Waals surface area contributed by atoms with E-state index in [4.69, 9.17) is 4.55 Å². The summed E-state index contributed by atoms with van der Waals surface area (Å²) in [5.41, 5.74) is 1.17. The molecule has 8 heteroatoms. The maximum absolute atomic E-state index is 13.1. The molecule has 0 aromatic rings. The second kappa shape index (κ2) is 8.20. The van der Waals surface area contributed by atoms with Gasteiger partial charge in [0, 0.05) is 18.2 Å². The number of Topliss-reactive ketones (excluding diaryl/α,β-unsaturated/α-hetero) is 1. The van der Waals surface area contributed by atoms with Crippen LogP contribution in [-0.2, 0) is 19.7 Å². The third-order valence-electron chi connectivity index (χ3n) is 8.14. The fourth-order valence-corrected chi connectivity index (χ4v) is 6.24. The lowest BCUT2D eigenvalue weighted by atomic mass is 9.46. The third kappa shape index (κ3) is 4.37. The van der Waals surface area contributed by atoms with Gasteiger partial charge in [0.05, 0.1) is 11.4 Å². The van der Waals surface area contributed by atoms with Gasteiger partial charge in [-0.15, -0.1) is 0 Å². The maximum Gasteiger partial charge on any atom is 0.266 e. The first kappa shape index (κ1) is 23.7. The van der Waals surface area contributed by atoms with Crippen LogP contribution in [0.15, 0.2) is 34.8 Å². The average Bonchev–Trinajstić information content (AvgIpc) is 2.67. The van der Waals surface area contributed by atoms with E-state index in [9.17, 15) is 23.1 Å². The van der Waals surface area contributed by atoms with Crippen molar-refractivity contribution in [1.29, 1.82) is 0 Å². The summed E-state index contributed by atoms with van der Waals surface area (Å²) in [4.78, 5) is 25.5.